The van der Waals surface area contributed by atoms with Gasteiger partial charge in [0.15, 0.2) is 0 Å². The van der Waals surface area contributed by atoms with Crippen molar-refractivity contribution in [2.75, 3.05) is 19.6 Å². The van der Waals surface area contributed by atoms with Gasteiger partial charge in [-0.25, -0.2) is 0 Å². The summed E-state index contributed by atoms with van der Waals surface area (Å²) in [5.74, 6) is 1.38. The number of nitrogens with zero attached hydrogens (tertiary/aromatic N) is 1. The lowest BCUT2D eigenvalue weighted by atomic mass is 9.64. The Bertz CT molecular complexity index is 1410. The fraction of sp³-hybridized carbons (Fsp3) is 0.429. The summed E-state index contributed by atoms with van der Waals surface area (Å²) in [4.78, 5) is 28.4. The number of hydrogen-bond donors (Lipinski definition) is 3. The van der Waals surface area contributed by atoms with E-state index in [-0.39, 0.29) is 29.1 Å². The molecule has 214 valence electrons. The first-order chi connectivity index (χ1) is 19.9. The molecule has 0 radical (unpaired) electrons. The molecule has 2 saturated carbocycles. The van der Waals surface area contributed by atoms with Crippen LogP contribution in [0.2, 0.25) is 0 Å². The molecule has 3 aliphatic rings. The second-order valence-corrected chi connectivity index (χ2v) is 12.1. The lowest BCUT2D eigenvalue weighted by Crippen LogP contribution is -2.49. The first kappa shape index (κ1) is 27.5. The van der Waals surface area contributed by atoms with Gasteiger partial charge in [0, 0.05) is 37.5 Å². The highest BCUT2D eigenvalue weighted by Gasteiger charge is 2.44. The van der Waals surface area contributed by atoms with Gasteiger partial charge in [0.25, 0.3) is 5.91 Å². The average molecular weight is 553 g/mol. The van der Waals surface area contributed by atoms with Crippen LogP contribution in [0.4, 0.5) is 0 Å². The van der Waals surface area contributed by atoms with Gasteiger partial charge < -0.3 is 15.5 Å². The number of carbonyl (C=O) groups excluding carboxylic acids is 2. The van der Waals surface area contributed by atoms with Gasteiger partial charge in [-0.05, 0) is 96.9 Å². The molecule has 0 heterocycles. The van der Waals surface area contributed by atoms with E-state index in [9.17, 15) is 19.8 Å². The molecule has 6 nitrogen and oxygen atoms in total. The van der Waals surface area contributed by atoms with Crippen LogP contribution in [0.3, 0.4) is 0 Å². The normalized spacial score (nSPS) is 21.8. The molecule has 1 unspecified atom stereocenters. The van der Waals surface area contributed by atoms with Crippen molar-refractivity contribution < 1.29 is 19.8 Å². The lowest BCUT2D eigenvalue weighted by molar-refractivity contribution is -0.122. The number of Topliss-reactive ketones (excluding diaryl/α,β-unsaturated/α-hetero) is 1. The number of rotatable bonds is 9. The number of phenolic OH excluding ortho intramolecular Hbond substituents is 2. The molecule has 3 aromatic rings. The Hall–Kier alpha value is -3.64. The summed E-state index contributed by atoms with van der Waals surface area (Å²) in [5.41, 5.74) is 5.41. The van der Waals surface area contributed by atoms with Crippen LogP contribution in [0.15, 0.2) is 60.7 Å². The van der Waals surface area contributed by atoms with E-state index in [1.165, 1.54) is 12.8 Å². The Balaban J connectivity index is 1.14. The first-order valence-electron chi connectivity index (χ1n) is 15.2. The van der Waals surface area contributed by atoms with E-state index in [0.717, 1.165) is 59.7 Å². The van der Waals surface area contributed by atoms with E-state index in [2.05, 4.69) is 17.1 Å². The van der Waals surface area contributed by atoms with Gasteiger partial charge in [-0.2, -0.15) is 0 Å². The Morgan fingerprint density at radius 1 is 0.927 bits per heavy atom. The van der Waals surface area contributed by atoms with Crippen LogP contribution >= 0.6 is 0 Å². The van der Waals surface area contributed by atoms with Crippen LogP contribution in [0.1, 0.15) is 72.0 Å². The summed E-state index contributed by atoms with van der Waals surface area (Å²) >= 11 is 0. The molecular weight excluding hydrogens is 512 g/mol. The maximum absolute atomic E-state index is 13.2. The minimum absolute atomic E-state index is 0.0295. The van der Waals surface area contributed by atoms with Crippen molar-refractivity contribution in [1.82, 2.24) is 10.2 Å². The zero-order chi connectivity index (χ0) is 28.5. The predicted molar refractivity (Wildman–Crippen MR) is 160 cm³/mol. The summed E-state index contributed by atoms with van der Waals surface area (Å²) < 4.78 is 0. The number of likely N-dealkylation sites (N-methyl/N-ethyl adjacent to an activating group) is 1. The average Bonchev–Trinajstić information content (AvgIpc) is 3.80. The largest absolute Gasteiger partial charge is 0.508 e. The van der Waals surface area contributed by atoms with Crippen molar-refractivity contribution >= 4 is 11.7 Å². The van der Waals surface area contributed by atoms with Crippen molar-refractivity contribution in [1.29, 1.82) is 0 Å². The van der Waals surface area contributed by atoms with Crippen molar-refractivity contribution in [2.24, 2.45) is 11.8 Å². The lowest BCUT2D eigenvalue weighted by Gasteiger charge is -2.47. The topological polar surface area (TPSA) is 89.9 Å². The molecule has 6 rings (SSSR count). The van der Waals surface area contributed by atoms with E-state index < -0.39 is 0 Å². The number of aromatic hydroxyl groups is 2. The van der Waals surface area contributed by atoms with Gasteiger partial charge in [-0.15, -0.1) is 0 Å². The summed E-state index contributed by atoms with van der Waals surface area (Å²) in [6.07, 6.45) is 6.09. The minimum atomic E-state index is -0.282. The Morgan fingerprint density at radius 3 is 2.32 bits per heavy atom. The van der Waals surface area contributed by atoms with E-state index in [1.807, 2.05) is 42.5 Å². The molecule has 2 fully saturated rings. The van der Waals surface area contributed by atoms with E-state index in [0.29, 0.717) is 43.3 Å². The molecule has 0 spiro atoms. The summed E-state index contributed by atoms with van der Waals surface area (Å²) in [6, 6.07) is 19.4. The highest BCUT2D eigenvalue weighted by molar-refractivity contribution is 5.97. The van der Waals surface area contributed by atoms with Crippen molar-refractivity contribution in [3.63, 3.8) is 0 Å². The van der Waals surface area contributed by atoms with Gasteiger partial charge in [-0.1, -0.05) is 49.4 Å². The molecule has 3 aliphatic carbocycles. The molecule has 3 aromatic carbocycles. The maximum atomic E-state index is 13.2. The first-order valence-corrected chi connectivity index (χ1v) is 15.2. The third-order valence-corrected chi connectivity index (χ3v) is 9.49. The Labute approximate surface area is 242 Å². The van der Waals surface area contributed by atoms with Crippen LogP contribution in [0.25, 0.3) is 11.1 Å². The van der Waals surface area contributed by atoms with Crippen LogP contribution in [0.5, 0.6) is 11.5 Å². The van der Waals surface area contributed by atoms with Gasteiger partial charge in [0.2, 0.25) is 0 Å². The Kier molecular flexibility index (Phi) is 7.85. The fourth-order valence-corrected chi connectivity index (χ4v) is 7.07. The van der Waals surface area contributed by atoms with Crippen LogP contribution in [-0.4, -0.2) is 52.5 Å². The van der Waals surface area contributed by atoms with Gasteiger partial charge in [-0.3, -0.25) is 14.5 Å². The predicted octanol–water partition coefficient (Wildman–Crippen LogP) is 5.85. The minimum Gasteiger partial charge on any atom is -0.508 e. The van der Waals surface area contributed by atoms with Gasteiger partial charge >= 0.3 is 0 Å². The summed E-state index contributed by atoms with van der Waals surface area (Å²) in [7, 11) is 0. The number of carbonyl (C=O) groups is 2. The highest BCUT2D eigenvalue weighted by atomic mass is 16.3. The molecule has 0 saturated heterocycles. The molecule has 3 N–H and O–H groups in total. The summed E-state index contributed by atoms with van der Waals surface area (Å²) in [6.45, 7) is 4.81. The zero-order valence-corrected chi connectivity index (χ0v) is 23.8. The van der Waals surface area contributed by atoms with Crippen molar-refractivity contribution in [2.45, 2.75) is 63.8 Å². The molecular formula is C35H40N2O4. The molecule has 1 amide bonds. The number of fused-ring (bicyclic) bond motifs is 3. The monoisotopic (exact) mass is 552 g/mol. The second kappa shape index (κ2) is 11.7. The Morgan fingerprint density at radius 2 is 1.63 bits per heavy atom. The van der Waals surface area contributed by atoms with E-state index in [4.69, 9.17) is 0 Å². The highest BCUT2D eigenvalue weighted by Crippen LogP contribution is 2.50. The number of benzene rings is 3. The van der Waals surface area contributed by atoms with E-state index >= 15 is 0 Å². The molecule has 6 heteroatoms. The van der Waals surface area contributed by atoms with Gasteiger partial charge in [0.05, 0.1) is 5.56 Å². The smallest absolute Gasteiger partial charge is 0.255 e. The molecule has 41 heavy (non-hydrogen) atoms. The van der Waals surface area contributed by atoms with Crippen molar-refractivity contribution in [3.8, 4) is 22.6 Å². The third kappa shape index (κ3) is 5.89. The number of amides is 1. The van der Waals surface area contributed by atoms with Crippen LogP contribution < -0.4 is 5.32 Å². The molecule has 3 atom stereocenters. The van der Waals surface area contributed by atoms with Crippen LogP contribution in [0, 0.1) is 11.8 Å². The molecule has 0 aromatic heterocycles. The summed E-state index contributed by atoms with van der Waals surface area (Å²) in [5, 5.41) is 23.9. The van der Waals surface area contributed by atoms with Crippen LogP contribution in [-0.2, 0) is 17.6 Å². The van der Waals surface area contributed by atoms with E-state index in [1.54, 1.807) is 18.2 Å². The number of ketones is 1. The number of hydrogen-bond acceptors (Lipinski definition) is 5. The third-order valence-electron chi connectivity index (χ3n) is 9.49. The SMILES string of the molecule is CCN(CC1CC1)[C@@H]1Cc2ccc(C(=O)NCCc3ccc(-c4ccc(O)cc4)cc3)c(O)c2C2CC(=O)CC[C@H]21. The number of phenols is 2. The second-order valence-electron chi connectivity index (χ2n) is 12.1. The van der Waals surface area contributed by atoms with Crippen molar-refractivity contribution in [3.05, 3.63) is 82.9 Å². The number of nitrogens with one attached hydrogen (secondary N) is 1. The fourth-order valence-electron chi connectivity index (χ4n) is 7.07. The standard InChI is InChI=1S/C35H40N2O4/c1-2-37(21-23-3-4-23)32-19-26-11-15-30(34(40)33(26)31-20-28(39)14-16-29(31)32)35(41)36-18-17-22-5-7-24(8-6-22)25-9-12-27(38)13-10-25/h5-13,15,23,29,31-32,38,40H,2-4,14,16-21H2,1H3,(H,36,41)/t29-,31?,32-/m1/s1. The quantitative estimate of drug-likeness (QED) is 0.310. The molecule has 0 aliphatic heterocycles. The zero-order valence-electron chi connectivity index (χ0n) is 23.8. The maximum Gasteiger partial charge on any atom is 0.255 e. The molecule has 0 bridgehead atoms. The van der Waals surface area contributed by atoms with Gasteiger partial charge in [0.1, 0.15) is 17.3 Å².